The standard InChI is InChI=1S/C28H48O5/c1-16(2)7-8-24(31)27(6,32)23-10-12-28(33)19-13-22(30)20-14-21(29)17(3)15-25(20,4)18(19)9-11-26(23,28)5/h16-21,23-24,29,31-33H,7-15H2,1-6H3/t17-,18-,19-,20-,21+,23-,24+,25+,26+,27+,28+/m0/s1. The van der Waals surface area contributed by atoms with Gasteiger partial charge in [0.2, 0.25) is 0 Å². The third-order valence-electron chi connectivity index (χ3n) is 11.4. The molecule has 0 amide bonds. The van der Waals surface area contributed by atoms with Crippen LogP contribution >= 0.6 is 0 Å². The molecule has 0 spiro atoms. The van der Waals surface area contributed by atoms with Crippen LogP contribution in [0.2, 0.25) is 0 Å². The van der Waals surface area contributed by atoms with Gasteiger partial charge in [-0.2, -0.15) is 0 Å². The van der Waals surface area contributed by atoms with Gasteiger partial charge in [0.15, 0.2) is 0 Å². The summed E-state index contributed by atoms with van der Waals surface area (Å²) in [6, 6.07) is 0. The Kier molecular flexibility index (Phi) is 6.42. The Balaban J connectivity index is 1.63. The fraction of sp³-hybridized carbons (Fsp3) is 0.964. The van der Waals surface area contributed by atoms with E-state index in [1.165, 1.54) is 0 Å². The topological polar surface area (TPSA) is 98.0 Å². The molecule has 4 N–H and O–H groups in total. The molecule has 0 bridgehead atoms. The Morgan fingerprint density at radius 1 is 1.12 bits per heavy atom. The number of carbonyl (C=O) groups excluding carboxylic acids is 1. The van der Waals surface area contributed by atoms with E-state index in [1.807, 2.05) is 0 Å². The van der Waals surface area contributed by atoms with Gasteiger partial charge in [-0.05, 0) is 93.3 Å². The first-order valence-electron chi connectivity index (χ1n) is 13.5. The molecule has 0 aliphatic heterocycles. The molecule has 0 aromatic carbocycles. The number of rotatable bonds is 5. The van der Waals surface area contributed by atoms with E-state index in [9.17, 15) is 25.2 Å². The average Bonchev–Trinajstić information content (AvgIpc) is 3.00. The quantitative estimate of drug-likeness (QED) is 0.491. The normalized spacial score (nSPS) is 50.3. The van der Waals surface area contributed by atoms with Crippen molar-refractivity contribution in [2.45, 2.75) is 123 Å². The minimum atomic E-state index is -1.27. The van der Waals surface area contributed by atoms with Crippen LogP contribution in [-0.4, -0.2) is 49.6 Å². The average molecular weight is 465 g/mol. The Hall–Kier alpha value is -0.490. The van der Waals surface area contributed by atoms with Crippen LogP contribution in [0.1, 0.15) is 99.3 Å². The maximum absolute atomic E-state index is 13.4. The van der Waals surface area contributed by atoms with Crippen LogP contribution in [0.25, 0.3) is 0 Å². The van der Waals surface area contributed by atoms with E-state index in [1.54, 1.807) is 6.92 Å². The molecule has 4 saturated carbocycles. The summed E-state index contributed by atoms with van der Waals surface area (Å²) in [5.41, 5.74) is -2.99. The molecule has 0 aromatic heterocycles. The first-order chi connectivity index (χ1) is 15.2. The van der Waals surface area contributed by atoms with Crippen LogP contribution in [0, 0.1) is 46.3 Å². The summed E-state index contributed by atoms with van der Waals surface area (Å²) in [7, 11) is 0. The third-order valence-corrected chi connectivity index (χ3v) is 11.4. The SMILES string of the molecule is CC(C)CC[C@@H](O)[C@](C)(O)[C@H]1CC[C@@]2(O)[C@H]3CC(=O)[C@@H]4C[C@@H](O)[C@@H](C)C[C@]4(C)[C@H]3CC[C@]12C. The van der Waals surface area contributed by atoms with Gasteiger partial charge in [0, 0.05) is 17.8 Å². The number of aliphatic hydroxyl groups excluding tert-OH is 2. The van der Waals surface area contributed by atoms with Crippen molar-refractivity contribution in [2.24, 2.45) is 46.3 Å². The zero-order valence-electron chi connectivity index (χ0n) is 21.7. The van der Waals surface area contributed by atoms with Crippen molar-refractivity contribution in [3.63, 3.8) is 0 Å². The molecule has 5 nitrogen and oxygen atoms in total. The Labute approximate surface area is 200 Å². The lowest BCUT2D eigenvalue weighted by atomic mass is 9.42. The number of hydrogen-bond donors (Lipinski definition) is 4. The van der Waals surface area contributed by atoms with Gasteiger partial charge in [0.1, 0.15) is 5.78 Å². The minimum Gasteiger partial charge on any atom is -0.393 e. The van der Waals surface area contributed by atoms with Gasteiger partial charge in [-0.1, -0.05) is 34.6 Å². The second kappa shape index (κ2) is 8.28. The molecule has 0 saturated heterocycles. The van der Waals surface area contributed by atoms with Crippen LogP contribution in [0.3, 0.4) is 0 Å². The molecule has 33 heavy (non-hydrogen) atoms. The van der Waals surface area contributed by atoms with Crippen LogP contribution < -0.4 is 0 Å². The molecule has 190 valence electrons. The number of fused-ring (bicyclic) bond motifs is 5. The Morgan fingerprint density at radius 2 is 1.79 bits per heavy atom. The van der Waals surface area contributed by atoms with Crippen molar-refractivity contribution in [1.82, 2.24) is 0 Å². The summed E-state index contributed by atoms with van der Waals surface area (Å²) in [6.07, 6.45) is 4.91. The Morgan fingerprint density at radius 3 is 2.42 bits per heavy atom. The van der Waals surface area contributed by atoms with E-state index in [0.29, 0.717) is 38.0 Å². The fourth-order valence-electron chi connectivity index (χ4n) is 9.30. The van der Waals surface area contributed by atoms with Gasteiger partial charge < -0.3 is 20.4 Å². The molecule has 5 heteroatoms. The van der Waals surface area contributed by atoms with Crippen molar-refractivity contribution in [3.05, 3.63) is 0 Å². The fourth-order valence-corrected chi connectivity index (χ4v) is 9.30. The van der Waals surface area contributed by atoms with E-state index in [2.05, 4.69) is 34.6 Å². The van der Waals surface area contributed by atoms with Gasteiger partial charge in [-0.15, -0.1) is 0 Å². The second-order valence-electron chi connectivity index (χ2n) is 13.6. The lowest BCUT2D eigenvalue weighted by Crippen LogP contribution is -2.66. The maximum Gasteiger partial charge on any atom is 0.137 e. The summed E-state index contributed by atoms with van der Waals surface area (Å²) in [6.45, 7) is 12.4. The van der Waals surface area contributed by atoms with Crippen LogP contribution in [0.15, 0.2) is 0 Å². The molecular formula is C28H48O5. The summed E-state index contributed by atoms with van der Waals surface area (Å²) >= 11 is 0. The zero-order chi connectivity index (χ0) is 24.6. The number of ketones is 1. The molecule has 11 atom stereocenters. The summed E-state index contributed by atoms with van der Waals surface area (Å²) in [4.78, 5) is 13.4. The van der Waals surface area contributed by atoms with Crippen LogP contribution in [0.4, 0.5) is 0 Å². The molecule has 4 aliphatic rings. The number of hydrogen-bond acceptors (Lipinski definition) is 5. The predicted molar refractivity (Wildman–Crippen MR) is 128 cm³/mol. The number of carbonyl (C=O) groups is 1. The van der Waals surface area contributed by atoms with Crippen molar-refractivity contribution in [3.8, 4) is 0 Å². The highest BCUT2D eigenvalue weighted by molar-refractivity contribution is 5.83. The van der Waals surface area contributed by atoms with Gasteiger partial charge in [-0.25, -0.2) is 0 Å². The highest BCUT2D eigenvalue weighted by Gasteiger charge is 2.71. The zero-order valence-corrected chi connectivity index (χ0v) is 21.7. The molecule has 0 unspecified atom stereocenters. The van der Waals surface area contributed by atoms with Crippen molar-refractivity contribution in [1.29, 1.82) is 0 Å². The lowest BCUT2D eigenvalue weighted by Gasteiger charge is -2.64. The molecule has 0 heterocycles. The monoisotopic (exact) mass is 464 g/mol. The van der Waals surface area contributed by atoms with Gasteiger partial charge in [-0.3, -0.25) is 4.79 Å². The van der Waals surface area contributed by atoms with E-state index in [0.717, 1.165) is 25.7 Å². The van der Waals surface area contributed by atoms with Gasteiger partial charge in [0.05, 0.1) is 23.4 Å². The van der Waals surface area contributed by atoms with Crippen LogP contribution in [-0.2, 0) is 4.79 Å². The van der Waals surface area contributed by atoms with E-state index in [4.69, 9.17) is 0 Å². The third kappa shape index (κ3) is 3.67. The van der Waals surface area contributed by atoms with E-state index in [-0.39, 0.29) is 40.8 Å². The summed E-state index contributed by atoms with van der Waals surface area (Å²) in [5, 5.41) is 45.4. The Bertz CT molecular complexity index is 763. The van der Waals surface area contributed by atoms with Crippen molar-refractivity contribution in [2.75, 3.05) is 0 Å². The maximum atomic E-state index is 13.4. The first-order valence-corrected chi connectivity index (χ1v) is 13.5. The molecule has 4 aliphatic carbocycles. The lowest BCUT2D eigenvalue weighted by molar-refractivity contribution is -0.229. The molecule has 4 rings (SSSR count). The number of aliphatic hydroxyl groups is 4. The predicted octanol–water partition coefficient (Wildman–Crippen LogP) is 4.09. The van der Waals surface area contributed by atoms with Crippen molar-refractivity contribution < 1.29 is 25.2 Å². The highest BCUT2D eigenvalue weighted by Crippen LogP contribution is 2.70. The largest absolute Gasteiger partial charge is 0.393 e. The van der Waals surface area contributed by atoms with Gasteiger partial charge >= 0.3 is 0 Å². The molecular weight excluding hydrogens is 416 g/mol. The summed E-state index contributed by atoms with van der Waals surface area (Å²) < 4.78 is 0. The van der Waals surface area contributed by atoms with E-state index < -0.39 is 28.8 Å². The number of Topliss-reactive ketones (excluding diaryl/α,β-unsaturated/α-hetero) is 1. The minimum absolute atomic E-state index is 0.110. The molecule has 0 aromatic rings. The second-order valence-corrected chi connectivity index (χ2v) is 13.6. The summed E-state index contributed by atoms with van der Waals surface area (Å²) in [5.74, 6) is 0.648. The molecule has 0 radical (unpaired) electrons. The first kappa shape index (κ1) is 25.6. The van der Waals surface area contributed by atoms with E-state index >= 15 is 0 Å². The molecule has 4 fully saturated rings. The van der Waals surface area contributed by atoms with Crippen molar-refractivity contribution >= 4 is 5.78 Å². The van der Waals surface area contributed by atoms with Gasteiger partial charge in [0.25, 0.3) is 0 Å². The van der Waals surface area contributed by atoms with Crippen LogP contribution in [0.5, 0.6) is 0 Å². The smallest absolute Gasteiger partial charge is 0.137 e. The highest BCUT2D eigenvalue weighted by atomic mass is 16.3.